The smallest absolute Gasteiger partial charge is 0.226 e. The number of rotatable bonds is 4. The number of nitrogens with zero attached hydrogens (tertiary/aromatic N) is 4. The zero-order valence-electron chi connectivity index (χ0n) is 9.88. The zero-order chi connectivity index (χ0) is 11.7. The summed E-state index contributed by atoms with van der Waals surface area (Å²) in [5.74, 6) is 1.45. The molecule has 0 spiro atoms. The van der Waals surface area contributed by atoms with Gasteiger partial charge < -0.3 is 9.63 Å². The van der Waals surface area contributed by atoms with Crippen LogP contribution in [0.4, 0.5) is 0 Å². The van der Waals surface area contributed by atoms with Gasteiger partial charge in [0.2, 0.25) is 5.89 Å². The third kappa shape index (κ3) is 2.20. The number of aliphatic hydroxyl groups excluding tert-OH is 1. The van der Waals surface area contributed by atoms with Gasteiger partial charge in [0, 0.05) is 45.8 Å². The average molecular weight is 238 g/mol. The van der Waals surface area contributed by atoms with Crippen LogP contribution in [-0.2, 0) is 6.42 Å². The molecule has 0 saturated carbocycles. The van der Waals surface area contributed by atoms with Crippen LogP contribution in [0, 0.1) is 0 Å². The predicted molar refractivity (Wildman–Crippen MR) is 60.5 cm³/mol. The van der Waals surface area contributed by atoms with E-state index in [0.717, 1.165) is 38.5 Å². The summed E-state index contributed by atoms with van der Waals surface area (Å²) in [4.78, 5) is 9.32. The topological polar surface area (TPSA) is 65.6 Å². The molecule has 17 heavy (non-hydrogen) atoms. The van der Waals surface area contributed by atoms with Gasteiger partial charge in [0.15, 0.2) is 5.82 Å². The molecule has 1 atom stereocenters. The second-order valence-corrected chi connectivity index (χ2v) is 4.73. The second-order valence-electron chi connectivity index (χ2n) is 4.73. The average Bonchev–Trinajstić information content (AvgIpc) is 2.86. The molecule has 1 unspecified atom stereocenters. The Hall–Kier alpha value is -0.980. The van der Waals surface area contributed by atoms with Gasteiger partial charge in [-0.15, -0.1) is 0 Å². The maximum absolute atomic E-state index is 8.76. The van der Waals surface area contributed by atoms with Crippen molar-refractivity contribution in [3.8, 4) is 0 Å². The Morgan fingerprint density at radius 3 is 2.76 bits per heavy atom. The highest BCUT2D eigenvalue weighted by atomic mass is 16.5. The summed E-state index contributed by atoms with van der Waals surface area (Å²) in [5, 5.41) is 12.8. The molecule has 1 N–H and O–H groups in total. The first kappa shape index (κ1) is 11.1. The number of aliphatic hydroxyl groups is 1. The van der Waals surface area contributed by atoms with Crippen LogP contribution < -0.4 is 0 Å². The van der Waals surface area contributed by atoms with Crippen LogP contribution in [0.1, 0.15) is 24.2 Å². The van der Waals surface area contributed by atoms with E-state index in [9.17, 15) is 0 Å². The van der Waals surface area contributed by atoms with Gasteiger partial charge in [0.1, 0.15) is 0 Å². The van der Waals surface area contributed by atoms with Crippen molar-refractivity contribution in [3.63, 3.8) is 0 Å². The van der Waals surface area contributed by atoms with Crippen molar-refractivity contribution in [2.75, 3.05) is 39.3 Å². The lowest BCUT2D eigenvalue weighted by atomic mass is 10.1. The van der Waals surface area contributed by atoms with Gasteiger partial charge >= 0.3 is 0 Å². The third-order valence-electron chi connectivity index (χ3n) is 3.61. The molecule has 3 saturated heterocycles. The van der Waals surface area contributed by atoms with E-state index in [1.54, 1.807) is 0 Å². The summed E-state index contributed by atoms with van der Waals surface area (Å²) in [6.45, 7) is 5.70. The number of aromatic nitrogens is 2. The molecule has 0 aromatic carbocycles. The highest BCUT2D eigenvalue weighted by molar-refractivity contribution is 5.01. The van der Waals surface area contributed by atoms with E-state index in [4.69, 9.17) is 9.63 Å². The van der Waals surface area contributed by atoms with Crippen LogP contribution in [0.25, 0.3) is 0 Å². The van der Waals surface area contributed by atoms with Gasteiger partial charge in [-0.25, -0.2) is 0 Å². The molecule has 3 aliphatic rings. The van der Waals surface area contributed by atoms with E-state index >= 15 is 0 Å². The highest BCUT2D eigenvalue weighted by Crippen LogP contribution is 2.26. The standard InChI is InChI=1S/C11H18N4O2/c16-7-1-2-10-12-11(13-17-10)9-8-14-3-5-15(9)6-4-14/h9,16H,1-8H2. The molecule has 4 heterocycles. The van der Waals surface area contributed by atoms with Crippen LogP contribution in [0.5, 0.6) is 0 Å². The van der Waals surface area contributed by atoms with Crippen LogP contribution in [0.2, 0.25) is 0 Å². The summed E-state index contributed by atoms with van der Waals surface area (Å²) in [5.41, 5.74) is 0. The molecule has 0 radical (unpaired) electrons. The molecule has 4 rings (SSSR count). The van der Waals surface area contributed by atoms with Crippen LogP contribution in [0.15, 0.2) is 4.52 Å². The molecule has 6 nitrogen and oxygen atoms in total. The van der Waals surface area contributed by atoms with Gasteiger partial charge in [0.05, 0.1) is 6.04 Å². The lowest BCUT2D eigenvalue weighted by Gasteiger charge is -2.46. The molecule has 0 aliphatic carbocycles. The number of hydrogen-bond donors (Lipinski definition) is 1. The van der Waals surface area contributed by atoms with Crippen molar-refractivity contribution >= 4 is 0 Å². The molecule has 1 aromatic rings. The molecular weight excluding hydrogens is 220 g/mol. The fourth-order valence-corrected chi connectivity index (χ4v) is 2.60. The fourth-order valence-electron chi connectivity index (χ4n) is 2.60. The molecule has 2 bridgehead atoms. The summed E-state index contributed by atoms with van der Waals surface area (Å²) < 4.78 is 5.21. The van der Waals surface area contributed by atoms with Crippen molar-refractivity contribution < 1.29 is 9.63 Å². The van der Waals surface area contributed by atoms with Gasteiger partial charge in [-0.3, -0.25) is 9.80 Å². The molecule has 3 aliphatic heterocycles. The molecule has 94 valence electrons. The minimum atomic E-state index is 0.168. The Bertz CT molecular complexity index is 373. The minimum Gasteiger partial charge on any atom is -0.396 e. The van der Waals surface area contributed by atoms with Crippen molar-refractivity contribution in [2.24, 2.45) is 0 Å². The van der Waals surface area contributed by atoms with Gasteiger partial charge in [-0.1, -0.05) is 5.16 Å². The van der Waals surface area contributed by atoms with E-state index in [0.29, 0.717) is 24.8 Å². The third-order valence-corrected chi connectivity index (χ3v) is 3.61. The Labute approximate surface area is 100 Å². The Morgan fingerprint density at radius 2 is 2.12 bits per heavy atom. The maximum Gasteiger partial charge on any atom is 0.226 e. The Morgan fingerprint density at radius 1 is 1.29 bits per heavy atom. The van der Waals surface area contributed by atoms with Crippen molar-refractivity contribution in [3.05, 3.63) is 11.7 Å². The molecule has 1 aromatic heterocycles. The fraction of sp³-hybridized carbons (Fsp3) is 0.818. The van der Waals surface area contributed by atoms with Crippen molar-refractivity contribution in [2.45, 2.75) is 18.9 Å². The first-order valence-electron chi connectivity index (χ1n) is 6.26. The Balaban J connectivity index is 1.69. The Kier molecular flexibility index (Phi) is 3.09. The second kappa shape index (κ2) is 4.72. The monoisotopic (exact) mass is 238 g/mol. The highest BCUT2D eigenvalue weighted by Gasteiger charge is 2.35. The largest absolute Gasteiger partial charge is 0.396 e. The maximum atomic E-state index is 8.76. The predicted octanol–water partition coefficient (Wildman–Crippen LogP) is -0.333. The lowest BCUT2D eigenvalue weighted by molar-refractivity contribution is 0.00781. The van der Waals surface area contributed by atoms with E-state index in [2.05, 4.69) is 19.9 Å². The number of piperazine rings is 3. The molecular formula is C11H18N4O2. The molecule has 3 fully saturated rings. The van der Waals surface area contributed by atoms with Gasteiger partial charge in [-0.05, 0) is 6.42 Å². The first-order chi connectivity index (χ1) is 8.36. The van der Waals surface area contributed by atoms with E-state index in [-0.39, 0.29) is 6.61 Å². The quantitative estimate of drug-likeness (QED) is 0.774. The summed E-state index contributed by atoms with van der Waals surface area (Å²) in [6, 6.07) is 0.295. The van der Waals surface area contributed by atoms with Crippen LogP contribution >= 0.6 is 0 Å². The van der Waals surface area contributed by atoms with E-state index < -0.39 is 0 Å². The number of fused-ring (bicyclic) bond motifs is 3. The van der Waals surface area contributed by atoms with E-state index in [1.807, 2.05) is 0 Å². The van der Waals surface area contributed by atoms with E-state index in [1.165, 1.54) is 0 Å². The number of aryl methyl sites for hydroxylation is 1. The van der Waals surface area contributed by atoms with Gasteiger partial charge in [0.25, 0.3) is 0 Å². The summed E-state index contributed by atoms with van der Waals surface area (Å²) in [6.07, 6.45) is 1.35. The summed E-state index contributed by atoms with van der Waals surface area (Å²) in [7, 11) is 0. The summed E-state index contributed by atoms with van der Waals surface area (Å²) >= 11 is 0. The van der Waals surface area contributed by atoms with Crippen LogP contribution in [0.3, 0.4) is 0 Å². The van der Waals surface area contributed by atoms with Crippen molar-refractivity contribution in [1.82, 2.24) is 19.9 Å². The molecule has 6 heteroatoms. The lowest BCUT2D eigenvalue weighted by Crippen LogP contribution is -2.57. The SMILES string of the molecule is OCCCc1nc(C2CN3CCN2CC3)no1. The minimum absolute atomic E-state index is 0.168. The molecule has 0 amide bonds. The first-order valence-corrected chi connectivity index (χ1v) is 6.26. The van der Waals surface area contributed by atoms with Gasteiger partial charge in [-0.2, -0.15) is 4.98 Å². The number of hydrogen-bond acceptors (Lipinski definition) is 6. The van der Waals surface area contributed by atoms with Crippen molar-refractivity contribution in [1.29, 1.82) is 0 Å². The van der Waals surface area contributed by atoms with Crippen LogP contribution in [-0.4, -0.2) is 64.4 Å². The normalized spacial score (nSPS) is 31.9. The zero-order valence-corrected chi connectivity index (χ0v) is 9.88.